The molecule has 0 heterocycles. The van der Waals surface area contributed by atoms with E-state index in [1.54, 1.807) is 40.0 Å². The lowest BCUT2D eigenvalue weighted by Gasteiger charge is -2.19. The first-order valence-corrected chi connectivity index (χ1v) is 6.29. The van der Waals surface area contributed by atoms with Gasteiger partial charge in [0.2, 0.25) is 0 Å². The minimum Gasteiger partial charge on any atom is -0.428 e. The van der Waals surface area contributed by atoms with Gasteiger partial charge in [0, 0.05) is 7.11 Å². The maximum absolute atomic E-state index is 11.6. The number of halogens is 1. The molecule has 0 amide bonds. The minimum absolute atomic E-state index is 0.416. The van der Waals surface area contributed by atoms with E-state index >= 15 is 0 Å². The van der Waals surface area contributed by atoms with Crippen LogP contribution in [0.2, 0.25) is 0 Å². The van der Waals surface area contributed by atoms with Gasteiger partial charge in [0.1, 0.15) is 11.4 Å². The molecule has 100 valence electrons. The van der Waals surface area contributed by atoms with Gasteiger partial charge in [0.25, 0.3) is 0 Å². The van der Waals surface area contributed by atoms with Gasteiger partial charge >= 0.3 is 6.16 Å². The van der Waals surface area contributed by atoms with Gasteiger partial charge in [-0.3, -0.25) is 0 Å². The van der Waals surface area contributed by atoms with Gasteiger partial charge in [-0.2, -0.15) is 0 Å². The van der Waals surface area contributed by atoms with Crippen molar-refractivity contribution in [3.63, 3.8) is 0 Å². The number of rotatable bonds is 3. The van der Waals surface area contributed by atoms with Crippen LogP contribution in [0.5, 0.6) is 5.75 Å². The van der Waals surface area contributed by atoms with Crippen LogP contribution in [-0.4, -0.2) is 18.9 Å². The van der Waals surface area contributed by atoms with Crippen molar-refractivity contribution < 1.29 is 19.0 Å². The lowest BCUT2D eigenvalue weighted by atomic mass is 10.2. The highest BCUT2D eigenvalue weighted by atomic mass is 79.9. The summed E-state index contributed by atoms with van der Waals surface area (Å²) in [5.41, 5.74) is 0.340. The third-order valence-corrected chi connectivity index (χ3v) is 2.54. The molecular formula is C13H17BrO4. The first-order valence-electron chi connectivity index (χ1n) is 5.50. The Morgan fingerprint density at radius 1 is 1.33 bits per heavy atom. The van der Waals surface area contributed by atoms with Gasteiger partial charge in [-0.1, -0.05) is 6.07 Å². The zero-order chi connectivity index (χ0) is 13.8. The lowest BCUT2D eigenvalue weighted by molar-refractivity contribution is 0.0204. The number of benzene rings is 1. The topological polar surface area (TPSA) is 44.8 Å². The maximum atomic E-state index is 11.6. The van der Waals surface area contributed by atoms with Gasteiger partial charge in [-0.05, 0) is 54.4 Å². The molecule has 0 bridgehead atoms. The normalized spacial score (nSPS) is 11.2. The average molecular weight is 317 g/mol. The molecule has 0 aromatic heterocycles. The molecule has 0 spiro atoms. The van der Waals surface area contributed by atoms with Crippen LogP contribution in [0, 0.1) is 0 Å². The molecule has 18 heavy (non-hydrogen) atoms. The van der Waals surface area contributed by atoms with E-state index < -0.39 is 11.8 Å². The van der Waals surface area contributed by atoms with Gasteiger partial charge in [-0.25, -0.2) is 4.79 Å². The smallest absolute Gasteiger partial charge is 0.428 e. The largest absolute Gasteiger partial charge is 0.514 e. The molecule has 0 N–H and O–H groups in total. The Labute approximate surface area is 115 Å². The van der Waals surface area contributed by atoms with Crippen LogP contribution in [-0.2, 0) is 16.1 Å². The number of carbonyl (C=O) groups excluding carboxylic acids is 1. The molecule has 0 aliphatic heterocycles. The highest BCUT2D eigenvalue weighted by Gasteiger charge is 2.19. The summed E-state index contributed by atoms with van der Waals surface area (Å²) in [7, 11) is 1.61. The average Bonchev–Trinajstić information content (AvgIpc) is 2.20. The molecule has 0 radical (unpaired) electrons. The van der Waals surface area contributed by atoms with E-state index in [1.807, 2.05) is 6.07 Å². The molecule has 0 saturated heterocycles. The van der Waals surface area contributed by atoms with Crippen molar-refractivity contribution in [1.82, 2.24) is 0 Å². The van der Waals surface area contributed by atoms with Crippen molar-refractivity contribution in [2.24, 2.45) is 0 Å². The molecule has 1 rings (SSSR count). The van der Waals surface area contributed by atoms with E-state index in [4.69, 9.17) is 14.2 Å². The Hall–Kier alpha value is -1.07. The number of hydrogen-bond acceptors (Lipinski definition) is 4. The molecule has 0 atom stereocenters. The van der Waals surface area contributed by atoms with Crippen LogP contribution >= 0.6 is 15.9 Å². The van der Waals surface area contributed by atoms with E-state index in [1.165, 1.54) is 0 Å². The predicted molar refractivity (Wildman–Crippen MR) is 71.7 cm³/mol. The number of hydrogen-bond donors (Lipinski definition) is 0. The Bertz CT molecular complexity index is 423. The van der Waals surface area contributed by atoms with E-state index in [0.29, 0.717) is 16.8 Å². The molecule has 4 nitrogen and oxygen atoms in total. The lowest BCUT2D eigenvalue weighted by Crippen LogP contribution is -2.26. The molecule has 0 saturated carbocycles. The van der Waals surface area contributed by atoms with Crippen molar-refractivity contribution in [2.75, 3.05) is 7.11 Å². The van der Waals surface area contributed by atoms with Gasteiger partial charge in [-0.15, -0.1) is 0 Å². The summed E-state index contributed by atoms with van der Waals surface area (Å²) in [4.78, 5) is 11.6. The maximum Gasteiger partial charge on any atom is 0.514 e. The fraction of sp³-hybridized carbons (Fsp3) is 0.462. The van der Waals surface area contributed by atoms with Crippen molar-refractivity contribution in [3.8, 4) is 5.75 Å². The second-order valence-corrected chi connectivity index (χ2v) is 5.62. The van der Waals surface area contributed by atoms with E-state index in [-0.39, 0.29) is 0 Å². The monoisotopic (exact) mass is 316 g/mol. The number of carbonyl (C=O) groups is 1. The Balaban J connectivity index is 2.77. The fourth-order valence-electron chi connectivity index (χ4n) is 1.24. The summed E-state index contributed by atoms with van der Waals surface area (Å²) >= 11 is 3.32. The van der Waals surface area contributed by atoms with Crippen molar-refractivity contribution in [3.05, 3.63) is 28.2 Å². The van der Waals surface area contributed by atoms with Crippen molar-refractivity contribution in [2.45, 2.75) is 33.0 Å². The van der Waals surface area contributed by atoms with Gasteiger partial charge in [0.15, 0.2) is 0 Å². The van der Waals surface area contributed by atoms with Crippen molar-refractivity contribution in [1.29, 1.82) is 0 Å². The standard InChI is InChI=1S/C13H17BrO4/c1-13(2,3)18-12(15)17-11-7-9(8-16-4)5-6-10(11)14/h5-7H,8H2,1-4H3. The highest BCUT2D eigenvalue weighted by molar-refractivity contribution is 9.10. The molecule has 0 fully saturated rings. The Morgan fingerprint density at radius 3 is 2.56 bits per heavy atom. The van der Waals surface area contributed by atoms with Crippen LogP contribution in [0.1, 0.15) is 26.3 Å². The second-order valence-electron chi connectivity index (χ2n) is 4.76. The summed E-state index contributed by atoms with van der Waals surface area (Å²) in [6.45, 7) is 5.80. The van der Waals surface area contributed by atoms with Crippen LogP contribution in [0.4, 0.5) is 4.79 Å². The summed E-state index contributed by atoms with van der Waals surface area (Å²) in [6.07, 6.45) is -0.724. The fourth-order valence-corrected chi connectivity index (χ4v) is 1.57. The van der Waals surface area contributed by atoms with Gasteiger partial charge < -0.3 is 14.2 Å². The zero-order valence-electron chi connectivity index (χ0n) is 11.0. The molecule has 0 unspecified atom stereocenters. The number of ether oxygens (including phenoxy) is 3. The van der Waals surface area contributed by atoms with Crippen LogP contribution in [0.3, 0.4) is 0 Å². The van der Waals surface area contributed by atoms with E-state index in [9.17, 15) is 4.79 Å². The Kier molecular flexibility index (Phi) is 5.16. The molecule has 1 aromatic rings. The highest BCUT2D eigenvalue weighted by Crippen LogP contribution is 2.27. The second kappa shape index (κ2) is 6.20. The van der Waals surface area contributed by atoms with Crippen LogP contribution in [0.15, 0.2) is 22.7 Å². The molecule has 0 aliphatic rings. The van der Waals surface area contributed by atoms with Crippen molar-refractivity contribution >= 4 is 22.1 Å². The predicted octanol–water partition coefficient (Wildman–Crippen LogP) is 3.91. The summed E-state index contributed by atoms with van der Waals surface area (Å²) in [6, 6.07) is 5.42. The SMILES string of the molecule is COCc1ccc(Br)c(OC(=O)OC(C)(C)C)c1. The molecular weight excluding hydrogens is 300 g/mol. The summed E-state index contributed by atoms with van der Waals surface area (Å²) < 4.78 is 15.9. The number of methoxy groups -OCH3 is 1. The zero-order valence-corrected chi connectivity index (χ0v) is 12.5. The van der Waals surface area contributed by atoms with Gasteiger partial charge in [0.05, 0.1) is 11.1 Å². The molecule has 5 heteroatoms. The molecule has 0 aliphatic carbocycles. The Morgan fingerprint density at radius 2 is 2.00 bits per heavy atom. The molecule has 1 aromatic carbocycles. The van der Waals surface area contributed by atoms with E-state index in [2.05, 4.69) is 15.9 Å². The summed E-state index contributed by atoms with van der Waals surface area (Å²) in [5, 5.41) is 0. The third kappa shape index (κ3) is 5.06. The first-order chi connectivity index (χ1) is 8.31. The quantitative estimate of drug-likeness (QED) is 0.626. The van der Waals surface area contributed by atoms with Crippen LogP contribution < -0.4 is 4.74 Å². The van der Waals surface area contributed by atoms with E-state index in [0.717, 1.165) is 5.56 Å². The minimum atomic E-state index is -0.724. The van der Waals surface area contributed by atoms with Crippen LogP contribution in [0.25, 0.3) is 0 Å². The summed E-state index contributed by atoms with van der Waals surface area (Å²) in [5.74, 6) is 0.416. The third-order valence-electron chi connectivity index (χ3n) is 1.89. The first kappa shape index (κ1) is 15.0.